The Morgan fingerprint density at radius 1 is 1.38 bits per heavy atom. The number of pyridine rings is 1. The zero-order chi connectivity index (χ0) is 14.7. The molecule has 3 aromatic rings. The van der Waals surface area contributed by atoms with Gasteiger partial charge < -0.3 is 5.32 Å². The van der Waals surface area contributed by atoms with Gasteiger partial charge in [-0.2, -0.15) is 5.10 Å². The smallest absolute Gasteiger partial charge is 0.0809 e. The van der Waals surface area contributed by atoms with E-state index in [-0.39, 0.29) is 0 Å². The average Bonchev–Trinajstić information content (AvgIpc) is 3.11. The topological polar surface area (TPSA) is 42.7 Å². The molecule has 3 rings (SSSR count). The third-order valence-electron chi connectivity index (χ3n) is 3.66. The summed E-state index contributed by atoms with van der Waals surface area (Å²) in [5, 5.41) is 9.90. The van der Waals surface area contributed by atoms with E-state index in [1.54, 1.807) is 11.3 Å². The van der Waals surface area contributed by atoms with Crippen LogP contribution in [0.25, 0.3) is 10.2 Å². The molecule has 0 fully saturated rings. The Bertz CT molecular complexity index is 716. The molecule has 0 aliphatic carbocycles. The summed E-state index contributed by atoms with van der Waals surface area (Å²) in [6.07, 6.45) is 8.12. The second kappa shape index (κ2) is 6.37. The number of nitrogens with one attached hydrogen (secondary N) is 1. The van der Waals surface area contributed by atoms with E-state index in [9.17, 15) is 0 Å². The molecule has 21 heavy (non-hydrogen) atoms. The molecule has 3 aromatic heterocycles. The summed E-state index contributed by atoms with van der Waals surface area (Å²) in [6, 6.07) is 4.68. The van der Waals surface area contributed by atoms with Gasteiger partial charge in [-0.25, -0.2) is 0 Å². The minimum atomic E-state index is 0.342. The summed E-state index contributed by atoms with van der Waals surface area (Å²) in [5.41, 5.74) is 3.65. The van der Waals surface area contributed by atoms with Crippen molar-refractivity contribution in [2.45, 2.75) is 25.8 Å². The van der Waals surface area contributed by atoms with Gasteiger partial charge in [0.2, 0.25) is 0 Å². The maximum absolute atomic E-state index is 4.56. The number of fused-ring (bicyclic) bond motifs is 1. The van der Waals surface area contributed by atoms with Crippen LogP contribution in [0.15, 0.2) is 36.1 Å². The summed E-state index contributed by atoms with van der Waals surface area (Å²) >= 11 is 1.75. The highest BCUT2D eigenvalue weighted by molar-refractivity contribution is 7.17. The van der Waals surface area contributed by atoms with Gasteiger partial charge in [-0.15, -0.1) is 11.3 Å². The van der Waals surface area contributed by atoms with Crippen LogP contribution >= 0.6 is 11.3 Å². The van der Waals surface area contributed by atoms with E-state index in [1.807, 2.05) is 24.1 Å². The highest BCUT2D eigenvalue weighted by atomic mass is 32.1. The van der Waals surface area contributed by atoms with E-state index in [2.05, 4.69) is 46.0 Å². The van der Waals surface area contributed by atoms with Crippen LogP contribution in [0.3, 0.4) is 0 Å². The molecule has 0 saturated heterocycles. The highest BCUT2D eigenvalue weighted by Gasteiger charge is 2.12. The summed E-state index contributed by atoms with van der Waals surface area (Å²) in [4.78, 5) is 4.56. The SMILES string of the molecule is CCNC(CCc1cnn(C)c1)c1cnc2ccsc2c1. The Balaban J connectivity index is 1.76. The van der Waals surface area contributed by atoms with Crippen molar-refractivity contribution in [3.05, 3.63) is 47.2 Å². The van der Waals surface area contributed by atoms with E-state index >= 15 is 0 Å². The molecule has 0 bridgehead atoms. The van der Waals surface area contributed by atoms with Crippen LogP contribution < -0.4 is 5.32 Å². The Kier molecular flexibility index (Phi) is 4.31. The fraction of sp³-hybridized carbons (Fsp3) is 0.375. The fourth-order valence-corrected chi connectivity index (χ4v) is 3.39. The maximum atomic E-state index is 4.56. The van der Waals surface area contributed by atoms with Crippen molar-refractivity contribution in [1.82, 2.24) is 20.1 Å². The number of thiophene rings is 1. The van der Waals surface area contributed by atoms with E-state index < -0.39 is 0 Å². The summed E-state index contributed by atoms with van der Waals surface area (Å²) in [7, 11) is 1.96. The van der Waals surface area contributed by atoms with Crippen molar-refractivity contribution < 1.29 is 0 Å². The van der Waals surface area contributed by atoms with E-state index in [0.717, 1.165) is 24.9 Å². The number of rotatable bonds is 6. The third kappa shape index (κ3) is 3.31. The van der Waals surface area contributed by atoms with Crippen molar-refractivity contribution >= 4 is 21.6 Å². The van der Waals surface area contributed by atoms with Gasteiger partial charge in [-0.05, 0) is 48.0 Å². The van der Waals surface area contributed by atoms with Crippen LogP contribution in [0.5, 0.6) is 0 Å². The third-order valence-corrected chi connectivity index (χ3v) is 4.51. The molecule has 4 nitrogen and oxygen atoms in total. The molecule has 0 saturated carbocycles. The summed E-state index contributed by atoms with van der Waals surface area (Å²) in [6.45, 7) is 3.11. The summed E-state index contributed by atoms with van der Waals surface area (Å²) < 4.78 is 3.12. The zero-order valence-corrected chi connectivity index (χ0v) is 13.2. The standard InChI is InChI=1S/C16H20N4S/c1-3-17-14(5-4-12-9-19-20(2)11-12)13-8-16-15(18-10-13)6-7-21-16/h6-11,14,17H,3-5H2,1-2H3. The van der Waals surface area contributed by atoms with Crippen LogP contribution in [-0.4, -0.2) is 21.3 Å². The van der Waals surface area contributed by atoms with Gasteiger partial charge in [0.25, 0.3) is 0 Å². The largest absolute Gasteiger partial charge is 0.310 e. The molecule has 0 aliphatic heterocycles. The Morgan fingerprint density at radius 2 is 2.29 bits per heavy atom. The first-order valence-electron chi connectivity index (χ1n) is 7.30. The maximum Gasteiger partial charge on any atom is 0.0809 e. The van der Waals surface area contributed by atoms with Crippen LogP contribution in [-0.2, 0) is 13.5 Å². The lowest BCUT2D eigenvalue weighted by Crippen LogP contribution is -2.21. The molecule has 0 spiro atoms. The number of hydrogen-bond donors (Lipinski definition) is 1. The lowest BCUT2D eigenvalue weighted by Gasteiger charge is -2.17. The second-order valence-corrected chi connectivity index (χ2v) is 6.19. The van der Waals surface area contributed by atoms with E-state index in [1.165, 1.54) is 15.8 Å². The number of nitrogens with zero attached hydrogens (tertiary/aromatic N) is 3. The molecule has 0 aliphatic rings. The normalized spacial score (nSPS) is 12.9. The Labute approximate surface area is 128 Å². The molecule has 1 atom stereocenters. The lowest BCUT2D eigenvalue weighted by atomic mass is 10.0. The lowest BCUT2D eigenvalue weighted by molar-refractivity contribution is 0.514. The molecule has 3 heterocycles. The monoisotopic (exact) mass is 300 g/mol. The van der Waals surface area contributed by atoms with Gasteiger partial charge >= 0.3 is 0 Å². The minimum absolute atomic E-state index is 0.342. The molecule has 0 aromatic carbocycles. The molecule has 5 heteroatoms. The fourth-order valence-electron chi connectivity index (χ4n) is 2.60. The van der Waals surface area contributed by atoms with Gasteiger partial charge in [0.1, 0.15) is 0 Å². The van der Waals surface area contributed by atoms with Crippen molar-refractivity contribution in [2.75, 3.05) is 6.54 Å². The van der Waals surface area contributed by atoms with Crippen molar-refractivity contribution in [1.29, 1.82) is 0 Å². The summed E-state index contributed by atoms with van der Waals surface area (Å²) in [5.74, 6) is 0. The molecular formula is C16H20N4S. The predicted octanol–water partition coefficient (Wildman–Crippen LogP) is 3.31. The van der Waals surface area contributed by atoms with Crippen LogP contribution in [0.1, 0.15) is 30.5 Å². The molecule has 1 N–H and O–H groups in total. The predicted molar refractivity (Wildman–Crippen MR) is 87.6 cm³/mol. The first-order chi connectivity index (χ1) is 10.3. The molecule has 1 unspecified atom stereocenters. The first kappa shape index (κ1) is 14.2. The van der Waals surface area contributed by atoms with Crippen LogP contribution in [0.4, 0.5) is 0 Å². The minimum Gasteiger partial charge on any atom is -0.310 e. The molecule has 110 valence electrons. The second-order valence-electron chi connectivity index (χ2n) is 5.24. The van der Waals surface area contributed by atoms with Gasteiger partial charge in [-0.1, -0.05) is 6.92 Å². The van der Waals surface area contributed by atoms with Crippen LogP contribution in [0, 0.1) is 0 Å². The molecular weight excluding hydrogens is 280 g/mol. The van der Waals surface area contributed by atoms with Gasteiger partial charge in [0.05, 0.1) is 16.4 Å². The number of aromatic nitrogens is 3. The van der Waals surface area contributed by atoms with Gasteiger partial charge in [-0.3, -0.25) is 9.67 Å². The van der Waals surface area contributed by atoms with Crippen molar-refractivity contribution in [3.63, 3.8) is 0 Å². The first-order valence-corrected chi connectivity index (χ1v) is 8.18. The number of aryl methyl sites for hydroxylation is 2. The van der Waals surface area contributed by atoms with E-state index in [4.69, 9.17) is 0 Å². The molecule has 0 radical (unpaired) electrons. The van der Waals surface area contributed by atoms with Crippen molar-refractivity contribution in [2.24, 2.45) is 7.05 Å². The Morgan fingerprint density at radius 3 is 3.05 bits per heavy atom. The Hall–Kier alpha value is -1.72. The number of hydrogen-bond acceptors (Lipinski definition) is 4. The van der Waals surface area contributed by atoms with E-state index in [0.29, 0.717) is 6.04 Å². The van der Waals surface area contributed by atoms with Gasteiger partial charge in [0, 0.05) is 25.5 Å². The highest BCUT2D eigenvalue weighted by Crippen LogP contribution is 2.25. The molecule has 0 amide bonds. The van der Waals surface area contributed by atoms with Gasteiger partial charge in [0.15, 0.2) is 0 Å². The van der Waals surface area contributed by atoms with Crippen molar-refractivity contribution in [3.8, 4) is 0 Å². The van der Waals surface area contributed by atoms with Crippen LogP contribution in [0.2, 0.25) is 0 Å². The zero-order valence-electron chi connectivity index (χ0n) is 12.4. The quantitative estimate of drug-likeness (QED) is 0.759. The average molecular weight is 300 g/mol.